The summed E-state index contributed by atoms with van der Waals surface area (Å²) in [4.78, 5) is 21.8. The summed E-state index contributed by atoms with van der Waals surface area (Å²) < 4.78 is 0. The lowest BCUT2D eigenvalue weighted by Gasteiger charge is -2.29. The molecule has 0 aromatic carbocycles. The van der Waals surface area contributed by atoms with Gasteiger partial charge in [0.15, 0.2) is 11.4 Å². The van der Waals surface area contributed by atoms with E-state index in [9.17, 15) is 4.79 Å². The Kier molecular flexibility index (Phi) is 5.76. The minimum absolute atomic E-state index is 0.352. The van der Waals surface area contributed by atoms with Gasteiger partial charge in [-0.15, -0.1) is 0 Å². The Morgan fingerprint density at radius 3 is 2.81 bits per heavy atom. The molecule has 2 unspecified atom stereocenters. The highest BCUT2D eigenvalue weighted by Crippen LogP contribution is 2.33. The van der Waals surface area contributed by atoms with Crippen LogP contribution in [0.3, 0.4) is 0 Å². The largest absolute Gasteiger partial charge is 0.344 e. The lowest BCUT2D eigenvalue weighted by atomic mass is 10.0. The first-order valence-electron chi connectivity index (χ1n) is 8.01. The van der Waals surface area contributed by atoms with E-state index in [1.54, 1.807) is 11.3 Å². The van der Waals surface area contributed by atoms with E-state index < -0.39 is 0 Å². The summed E-state index contributed by atoms with van der Waals surface area (Å²) in [5.74, 6) is 0.352. The van der Waals surface area contributed by atoms with Gasteiger partial charge in [-0.2, -0.15) is 0 Å². The molecule has 0 spiro atoms. The third kappa shape index (κ3) is 3.64. The van der Waals surface area contributed by atoms with Crippen molar-refractivity contribution < 1.29 is 4.79 Å². The molecule has 1 fully saturated rings. The van der Waals surface area contributed by atoms with Gasteiger partial charge in [0.05, 0.1) is 10.6 Å². The Hall–Kier alpha value is -0.940. The number of hydrogen-bond donors (Lipinski definition) is 0. The molecule has 1 aliphatic heterocycles. The van der Waals surface area contributed by atoms with Crippen LogP contribution in [0.25, 0.3) is 0 Å². The van der Waals surface area contributed by atoms with Crippen LogP contribution in [0.1, 0.15) is 61.3 Å². The average Bonchev–Trinajstić information content (AvgIpc) is 2.83. The first kappa shape index (κ1) is 16.4. The molecule has 0 saturated carbocycles. The second-order valence-electron chi connectivity index (χ2n) is 6.04. The predicted octanol–water partition coefficient (Wildman–Crippen LogP) is 3.39. The molecule has 1 saturated heterocycles. The van der Waals surface area contributed by atoms with Crippen molar-refractivity contribution in [3.8, 4) is 0 Å². The molecular weight excluding hydrogens is 282 g/mol. The van der Waals surface area contributed by atoms with Gasteiger partial charge in [0.25, 0.3) is 0 Å². The van der Waals surface area contributed by atoms with Gasteiger partial charge in [-0.25, -0.2) is 4.98 Å². The van der Waals surface area contributed by atoms with Crippen LogP contribution in [0.15, 0.2) is 0 Å². The fourth-order valence-corrected chi connectivity index (χ4v) is 4.03. The summed E-state index contributed by atoms with van der Waals surface area (Å²) in [5.41, 5.74) is 0.986. The average molecular weight is 309 g/mol. The van der Waals surface area contributed by atoms with Crippen molar-refractivity contribution in [2.45, 2.75) is 52.0 Å². The molecule has 2 heterocycles. The van der Waals surface area contributed by atoms with Crippen molar-refractivity contribution in [3.05, 3.63) is 10.6 Å². The number of likely N-dealkylation sites (N-methyl/N-ethyl adjacent to an activating group) is 1. The number of aromatic nitrogens is 1. The molecule has 1 aromatic rings. The van der Waals surface area contributed by atoms with E-state index >= 15 is 0 Å². The van der Waals surface area contributed by atoms with E-state index in [4.69, 9.17) is 4.98 Å². The maximum Gasteiger partial charge on any atom is 0.186 e. The van der Waals surface area contributed by atoms with Gasteiger partial charge in [-0.05, 0) is 38.8 Å². The Morgan fingerprint density at radius 1 is 1.43 bits per heavy atom. The summed E-state index contributed by atoms with van der Waals surface area (Å²) >= 11 is 1.57. The van der Waals surface area contributed by atoms with Crippen LogP contribution in [0.5, 0.6) is 0 Å². The molecule has 5 heteroatoms. The minimum Gasteiger partial charge on any atom is -0.344 e. The zero-order valence-corrected chi connectivity index (χ0v) is 14.4. The molecule has 4 nitrogen and oxygen atoms in total. The fraction of sp³-hybridized carbons (Fsp3) is 0.750. The Bertz CT molecular complexity index is 474. The topological polar surface area (TPSA) is 36.4 Å². The van der Waals surface area contributed by atoms with Gasteiger partial charge in [0.2, 0.25) is 0 Å². The number of carbonyl (C=O) groups excluding carboxylic acids is 1. The molecule has 1 aliphatic rings. The lowest BCUT2D eigenvalue weighted by Crippen LogP contribution is -2.39. The first-order chi connectivity index (χ1) is 10.1. The highest BCUT2D eigenvalue weighted by atomic mass is 32.1. The number of nitrogens with zero attached hydrogens (tertiary/aromatic N) is 3. The van der Waals surface area contributed by atoms with Gasteiger partial charge < -0.3 is 9.80 Å². The van der Waals surface area contributed by atoms with Gasteiger partial charge in [-0.1, -0.05) is 32.1 Å². The number of thiazole rings is 1. The van der Waals surface area contributed by atoms with Crippen molar-refractivity contribution in [2.24, 2.45) is 0 Å². The first-order valence-corrected chi connectivity index (χ1v) is 8.83. The van der Waals surface area contributed by atoms with Crippen molar-refractivity contribution in [2.75, 3.05) is 31.6 Å². The number of anilines is 1. The molecule has 2 rings (SSSR count). The van der Waals surface area contributed by atoms with E-state index in [-0.39, 0.29) is 0 Å². The van der Waals surface area contributed by atoms with Crippen LogP contribution in [-0.4, -0.2) is 48.9 Å². The van der Waals surface area contributed by atoms with E-state index in [1.165, 1.54) is 0 Å². The quantitative estimate of drug-likeness (QED) is 0.781. The Labute approximate surface area is 132 Å². The molecule has 0 bridgehead atoms. The molecule has 0 radical (unpaired) electrons. The smallest absolute Gasteiger partial charge is 0.186 e. The summed E-state index contributed by atoms with van der Waals surface area (Å²) in [5, 5.41) is 1.04. The number of hydrogen-bond acceptors (Lipinski definition) is 5. The van der Waals surface area contributed by atoms with Crippen molar-refractivity contribution in [1.29, 1.82) is 0 Å². The van der Waals surface area contributed by atoms with Gasteiger partial charge >= 0.3 is 0 Å². The maximum atomic E-state index is 11.4. The zero-order chi connectivity index (χ0) is 15.4. The van der Waals surface area contributed by atoms with Crippen molar-refractivity contribution in [3.63, 3.8) is 0 Å². The van der Waals surface area contributed by atoms with Crippen molar-refractivity contribution in [1.82, 2.24) is 9.88 Å². The number of aldehydes is 1. The van der Waals surface area contributed by atoms with E-state index in [0.717, 1.165) is 60.9 Å². The molecule has 1 aromatic heterocycles. The monoisotopic (exact) mass is 309 g/mol. The molecule has 0 amide bonds. The minimum atomic E-state index is 0.352. The Morgan fingerprint density at radius 2 is 2.19 bits per heavy atom. The summed E-state index contributed by atoms with van der Waals surface area (Å²) in [7, 11) is 2.19. The second kappa shape index (κ2) is 7.36. The number of carbonyl (C=O) groups is 1. The zero-order valence-electron chi connectivity index (χ0n) is 13.6. The van der Waals surface area contributed by atoms with Crippen LogP contribution < -0.4 is 4.90 Å². The van der Waals surface area contributed by atoms with Crippen LogP contribution >= 0.6 is 11.3 Å². The summed E-state index contributed by atoms with van der Waals surface area (Å²) in [6.07, 6.45) is 4.26. The highest BCUT2D eigenvalue weighted by Gasteiger charge is 2.26. The molecule has 21 heavy (non-hydrogen) atoms. The van der Waals surface area contributed by atoms with Crippen LogP contribution in [0, 0.1) is 0 Å². The van der Waals surface area contributed by atoms with E-state index in [1.807, 2.05) is 0 Å². The van der Waals surface area contributed by atoms with Crippen LogP contribution in [0.4, 0.5) is 5.13 Å². The molecular formula is C16H27N3OS. The summed E-state index contributed by atoms with van der Waals surface area (Å²) in [6, 6.07) is 0.493. The molecule has 118 valence electrons. The Balaban J connectivity index is 2.30. The third-order valence-electron chi connectivity index (χ3n) is 4.47. The molecule has 0 N–H and O–H groups in total. The van der Waals surface area contributed by atoms with E-state index in [0.29, 0.717) is 12.0 Å². The number of rotatable bonds is 5. The van der Waals surface area contributed by atoms with Gasteiger partial charge in [0.1, 0.15) is 0 Å². The SMILES string of the molecule is CCC(C)c1nc(N2CCCN(C)CC2CC)sc1C=O. The van der Waals surface area contributed by atoms with Crippen LogP contribution in [-0.2, 0) is 0 Å². The fourth-order valence-electron chi connectivity index (χ4n) is 2.93. The maximum absolute atomic E-state index is 11.4. The van der Waals surface area contributed by atoms with E-state index in [2.05, 4.69) is 37.6 Å². The molecule has 2 atom stereocenters. The highest BCUT2D eigenvalue weighted by molar-refractivity contribution is 7.17. The lowest BCUT2D eigenvalue weighted by molar-refractivity contribution is 0.112. The van der Waals surface area contributed by atoms with Crippen LogP contribution in [0.2, 0.25) is 0 Å². The third-order valence-corrected chi connectivity index (χ3v) is 5.51. The summed E-state index contributed by atoms with van der Waals surface area (Å²) in [6.45, 7) is 9.78. The normalized spacial score (nSPS) is 22.1. The molecule has 0 aliphatic carbocycles. The van der Waals surface area contributed by atoms with Crippen molar-refractivity contribution >= 4 is 22.8 Å². The second-order valence-corrected chi connectivity index (χ2v) is 7.05. The van der Waals surface area contributed by atoms with Gasteiger partial charge in [0, 0.05) is 19.1 Å². The predicted molar refractivity (Wildman–Crippen MR) is 89.7 cm³/mol. The van der Waals surface area contributed by atoms with Gasteiger partial charge in [-0.3, -0.25) is 4.79 Å². The standard InChI is InChI=1S/C16H27N3OS/c1-5-12(3)15-14(11-20)21-16(17-15)19-9-7-8-18(4)10-13(19)6-2/h11-13H,5-10H2,1-4H3.